The second-order valence-corrected chi connectivity index (χ2v) is 4.49. The minimum Gasteiger partial charge on any atom is -0.481 e. The number of carbonyl (C=O) groups excluding carboxylic acids is 1. The molecule has 0 spiro atoms. The molecule has 6 heteroatoms. The van der Waals surface area contributed by atoms with E-state index in [2.05, 4.69) is 10.6 Å². The monoisotopic (exact) mass is 259 g/mol. The summed E-state index contributed by atoms with van der Waals surface area (Å²) in [6.45, 7) is 3.78. The van der Waals surface area contributed by atoms with Crippen LogP contribution < -0.4 is 10.6 Å². The summed E-state index contributed by atoms with van der Waals surface area (Å²) in [7, 11) is 3.63. The van der Waals surface area contributed by atoms with Crippen LogP contribution in [0.2, 0.25) is 0 Å². The molecule has 0 heterocycles. The van der Waals surface area contributed by atoms with Crippen molar-refractivity contribution in [1.82, 2.24) is 15.5 Å². The van der Waals surface area contributed by atoms with Crippen molar-refractivity contribution in [2.75, 3.05) is 33.7 Å². The summed E-state index contributed by atoms with van der Waals surface area (Å²) in [6, 6.07) is -0.103. The van der Waals surface area contributed by atoms with Crippen molar-refractivity contribution in [2.24, 2.45) is 5.92 Å². The smallest absolute Gasteiger partial charge is 0.317 e. The number of urea groups is 1. The number of rotatable bonds is 9. The van der Waals surface area contributed by atoms with Crippen LogP contribution in [-0.4, -0.2) is 55.7 Å². The van der Waals surface area contributed by atoms with Crippen molar-refractivity contribution in [1.29, 1.82) is 0 Å². The highest BCUT2D eigenvalue weighted by atomic mass is 16.4. The summed E-state index contributed by atoms with van der Waals surface area (Å²) in [4.78, 5) is 23.8. The van der Waals surface area contributed by atoms with Gasteiger partial charge in [-0.05, 0) is 32.9 Å². The third-order valence-corrected chi connectivity index (χ3v) is 2.78. The molecule has 6 nitrogen and oxygen atoms in total. The molecule has 1 atom stereocenters. The Morgan fingerprint density at radius 2 is 1.94 bits per heavy atom. The van der Waals surface area contributed by atoms with E-state index in [1.807, 2.05) is 7.05 Å². The maximum absolute atomic E-state index is 11.6. The molecule has 2 amide bonds. The van der Waals surface area contributed by atoms with Crippen LogP contribution >= 0.6 is 0 Å². The second kappa shape index (κ2) is 9.70. The summed E-state index contributed by atoms with van der Waals surface area (Å²) < 4.78 is 0. The molecule has 0 aliphatic rings. The van der Waals surface area contributed by atoms with Gasteiger partial charge in [-0.25, -0.2) is 4.79 Å². The third-order valence-electron chi connectivity index (χ3n) is 2.78. The molecule has 0 saturated carbocycles. The van der Waals surface area contributed by atoms with E-state index in [0.29, 0.717) is 25.9 Å². The molecule has 18 heavy (non-hydrogen) atoms. The highest BCUT2D eigenvalue weighted by molar-refractivity contribution is 5.73. The third kappa shape index (κ3) is 7.89. The van der Waals surface area contributed by atoms with Gasteiger partial charge in [0.1, 0.15) is 0 Å². The standard InChI is InChI=1S/C12H25N3O3/c1-10(11(16)17)6-4-8-14-12(18)15(3)9-5-7-13-2/h10,13H,4-9H2,1-3H3,(H,14,18)(H,16,17). The quantitative estimate of drug-likeness (QED) is 0.533. The van der Waals surface area contributed by atoms with E-state index in [-0.39, 0.29) is 11.9 Å². The van der Waals surface area contributed by atoms with Crippen molar-refractivity contribution in [2.45, 2.75) is 26.2 Å². The van der Waals surface area contributed by atoms with Crippen LogP contribution in [0.15, 0.2) is 0 Å². The van der Waals surface area contributed by atoms with Gasteiger partial charge in [0.25, 0.3) is 0 Å². The van der Waals surface area contributed by atoms with Crippen LogP contribution in [0, 0.1) is 5.92 Å². The van der Waals surface area contributed by atoms with Gasteiger partial charge < -0.3 is 20.6 Å². The first-order valence-corrected chi connectivity index (χ1v) is 6.35. The Labute approximate surface area is 109 Å². The molecule has 0 rings (SSSR count). The summed E-state index contributed by atoms with van der Waals surface area (Å²) in [5, 5.41) is 14.5. The first-order chi connectivity index (χ1) is 8.49. The number of carboxylic acid groups (broad SMARTS) is 1. The van der Waals surface area contributed by atoms with Crippen molar-refractivity contribution in [3.8, 4) is 0 Å². The largest absolute Gasteiger partial charge is 0.481 e. The molecule has 106 valence electrons. The summed E-state index contributed by atoms with van der Waals surface area (Å²) >= 11 is 0. The molecule has 0 radical (unpaired) electrons. The highest BCUT2D eigenvalue weighted by Gasteiger charge is 2.11. The molecular formula is C12H25N3O3. The first-order valence-electron chi connectivity index (χ1n) is 6.35. The Morgan fingerprint density at radius 1 is 1.28 bits per heavy atom. The number of amides is 2. The molecule has 0 saturated heterocycles. The number of hydrogen-bond donors (Lipinski definition) is 3. The summed E-state index contributed by atoms with van der Waals surface area (Å²) in [5.74, 6) is -1.14. The number of nitrogens with zero attached hydrogens (tertiary/aromatic N) is 1. The van der Waals surface area contributed by atoms with Gasteiger partial charge in [0.2, 0.25) is 0 Å². The van der Waals surface area contributed by atoms with E-state index in [1.54, 1.807) is 18.9 Å². The topological polar surface area (TPSA) is 81.7 Å². The number of carboxylic acids is 1. The number of hydrogen-bond acceptors (Lipinski definition) is 3. The maximum Gasteiger partial charge on any atom is 0.317 e. The predicted molar refractivity (Wildman–Crippen MR) is 70.6 cm³/mol. The second-order valence-electron chi connectivity index (χ2n) is 4.49. The minimum atomic E-state index is -0.787. The van der Waals surface area contributed by atoms with Gasteiger partial charge in [0.15, 0.2) is 0 Å². The zero-order valence-electron chi connectivity index (χ0n) is 11.5. The first kappa shape index (κ1) is 16.7. The van der Waals surface area contributed by atoms with Crippen LogP contribution in [0.4, 0.5) is 4.79 Å². The van der Waals surface area contributed by atoms with Crippen LogP contribution in [0.1, 0.15) is 26.2 Å². The lowest BCUT2D eigenvalue weighted by Gasteiger charge is -2.18. The Morgan fingerprint density at radius 3 is 2.50 bits per heavy atom. The van der Waals surface area contributed by atoms with E-state index in [4.69, 9.17) is 5.11 Å². The van der Waals surface area contributed by atoms with Gasteiger partial charge in [-0.1, -0.05) is 6.92 Å². The fourth-order valence-corrected chi connectivity index (χ4v) is 1.46. The van der Waals surface area contributed by atoms with E-state index >= 15 is 0 Å². The van der Waals surface area contributed by atoms with Crippen LogP contribution in [0.5, 0.6) is 0 Å². The molecule has 0 fully saturated rings. The fraction of sp³-hybridized carbons (Fsp3) is 0.833. The molecule has 0 aliphatic carbocycles. The van der Waals surface area contributed by atoms with Crippen LogP contribution in [0.3, 0.4) is 0 Å². The molecule has 0 aromatic rings. The molecule has 1 unspecified atom stereocenters. The number of carbonyl (C=O) groups is 2. The zero-order chi connectivity index (χ0) is 14.0. The van der Waals surface area contributed by atoms with Gasteiger partial charge >= 0.3 is 12.0 Å². The van der Waals surface area contributed by atoms with Crippen LogP contribution in [-0.2, 0) is 4.79 Å². The van der Waals surface area contributed by atoms with Crippen molar-refractivity contribution in [3.05, 3.63) is 0 Å². The Balaban J connectivity index is 3.60. The van der Waals surface area contributed by atoms with Crippen molar-refractivity contribution >= 4 is 12.0 Å². The lowest BCUT2D eigenvalue weighted by molar-refractivity contribution is -0.141. The maximum atomic E-state index is 11.6. The van der Waals surface area contributed by atoms with E-state index in [9.17, 15) is 9.59 Å². The Hall–Kier alpha value is -1.30. The van der Waals surface area contributed by atoms with E-state index < -0.39 is 5.97 Å². The molecule has 0 aliphatic heterocycles. The van der Waals surface area contributed by atoms with Gasteiger partial charge in [0.05, 0.1) is 5.92 Å². The SMILES string of the molecule is CNCCCN(C)C(=O)NCCCC(C)C(=O)O. The molecule has 0 aromatic heterocycles. The number of aliphatic carboxylic acids is 1. The zero-order valence-corrected chi connectivity index (χ0v) is 11.5. The van der Waals surface area contributed by atoms with E-state index in [0.717, 1.165) is 13.0 Å². The lowest BCUT2D eigenvalue weighted by atomic mass is 10.1. The van der Waals surface area contributed by atoms with Crippen molar-refractivity contribution in [3.63, 3.8) is 0 Å². The molecular weight excluding hydrogens is 234 g/mol. The molecule has 3 N–H and O–H groups in total. The Kier molecular flexibility index (Phi) is 9.00. The average molecular weight is 259 g/mol. The van der Waals surface area contributed by atoms with Crippen LogP contribution in [0.25, 0.3) is 0 Å². The van der Waals surface area contributed by atoms with E-state index in [1.165, 1.54) is 0 Å². The normalized spacial score (nSPS) is 11.9. The van der Waals surface area contributed by atoms with Gasteiger partial charge in [-0.2, -0.15) is 0 Å². The lowest BCUT2D eigenvalue weighted by Crippen LogP contribution is -2.38. The predicted octanol–water partition coefficient (Wildman–Crippen LogP) is 0.738. The molecule has 0 bridgehead atoms. The molecule has 0 aromatic carbocycles. The fourth-order valence-electron chi connectivity index (χ4n) is 1.46. The van der Waals surface area contributed by atoms with Crippen molar-refractivity contribution < 1.29 is 14.7 Å². The highest BCUT2D eigenvalue weighted by Crippen LogP contribution is 2.04. The van der Waals surface area contributed by atoms with Gasteiger partial charge in [-0.3, -0.25) is 4.79 Å². The Bertz CT molecular complexity index is 259. The van der Waals surface area contributed by atoms with Gasteiger partial charge in [-0.15, -0.1) is 0 Å². The van der Waals surface area contributed by atoms with Gasteiger partial charge in [0, 0.05) is 20.1 Å². The summed E-state index contributed by atoms with van der Waals surface area (Å²) in [6.07, 6.45) is 2.18. The number of nitrogens with one attached hydrogen (secondary N) is 2. The minimum absolute atomic E-state index is 0.103. The summed E-state index contributed by atoms with van der Waals surface area (Å²) in [5.41, 5.74) is 0. The average Bonchev–Trinajstić information content (AvgIpc) is 2.33.